The fraction of sp³-hybridized carbons (Fsp3) is 0.381. The quantitative estimate of drug-likeness (QED) is 0.578. The molecule has 0 aliphatic heterocycles. The maximum Gasteiger partial charge on any atom is 0.419 e. The molecule has 1 saturated carbocycles. The highest BCUT2D eigenvalue weighted by atomic mass is 35.5. The first kappa shape index (κ1) is 21.7. The molecule has 0 amide bonds. The van der Waals surface area contributed by atoms with Crippen LogP contribution in [0.1, 0.15) is 31.2 Å². The summed E-state index contributed by atoms with van der Waals surface area (Å²) < 4.78 is 54.4. The number of alkyl halides is 3. The largest absolute Gasteiger partial charge is 0.419 e. The molecule has 0 bridgehead atoms. The van der Waals surface area contributed by atoms with Crippen molar-refractivity contribution in [2.75, 3.05) is 0 Å². The van der Waals surface area contributed by atoms with Gasteiger partial charge in [-0.15, -0.1) is 0 Å². The van der Waals surface area contributed by atoms with E-state index in [1.54, 1.807) is 0 Å². The SMILES string of the molecule is N[C@H]1CCC[C@@H](Cn2cc(Cl)c3cc(-c4ncc(C(F)(F)F)cn4)c(F)cc3c2=O)C1. The van der Waals surface area contributed by atoms with Crippen LogP contribution in [0.3, 0.4) is 0 Å². The van der Waals surface area contributed by atoms with E-state index in [9.17, 15) is 22.4 Å². The Morgan fingerprint density at radius 1 is 1.16 bits per heavy atom. The molecule has 2 aromatic heterocycles. The fourth-order valence-electron chi connectivity index (χ4n) is 4.06. The van der Waals surface area contributed by atoms with Gasteiger partial charge in [0.25, 0.3) is 5.56 Å². The van der Waals surface area contributed by atoms with Gasteiger partial charge in [0, 0.05) is 36.6 Å². The highest BCUT2D eigenvalue weighted by Gasteiger charge is 2.31. The number of benzene rings is 1. The minimum atomic E-state index is -4.60. The van der Waals surface area contributed by atoms with E-state index in [-0.39, 0.29) is 39.1 Å². The molecule has 31 heavy (non-hydrogen) atoms. The van der Waals surface area contributed by atoms with Gasteiger partial charge in [-0.25, -0.2) is 14.4 Å². The van der Waals surface area contributed by atoms with E-state index < -0.39 is 23.1 Å². The minimum absolute atomic E-state index is 0.0840. The van der Waals surface area contributed by atoms with Crippen molar-refractivity contribution in [2.24, 2.45) is 11.7 Å². The first-order chi connectivity index (χ1) is 14.6. The summed E-state index contributed by atoms with van der Waals surface area (Å²) in [6.07, 6.45) is 1.78. The Labute approximate surface area is 179 Å². The number of fused-ring (bicyclic) bond motifs is 1. The van der Waals surface area contributed by atoms with Gasteiger partial charge in [0.15, 0.2) is 5.82 Å². The van der Waals surface area contributed by atoms with Gasteiger partial charge in [-0.3, -0.25) is 4.79 Å². The predicted octanol–water partition coefficient (Wildman–Crippen LogP) is 4.79. The molecule has 164 valence electrons. The van der Waals surface area contributed by atoms with Gasteiger partial charge >= 0.3 is 6.18 Å². The van der Waals surface area contributed by atoms with Crippen molar-refractivity contribution in [3.8, 4) is 11.4 Å². The lowest BCUT2D eigenvalue weighted by molar-refractivity contribution is -0.138. The summed E-state index contributed by atoms with van der Waals surface area (Å²) in [5.41, 5.74) is 4.45. The van der Waals surface area contributed by atoms with Gasteiger partial charge in [-0.05, 0) is 37.3 Å². The standard InChI is InChI=1S/C21H19ClF4N4O/c22-17-10-30(9-11-2-1-3-13(27)4-11)20(31)15-6-18(23)16(5-14(15)17)19-28-7-12(8-29-19)21(24,25)26/h5-8,10-11,13H,1-4,9,27H2/t11-,13+/m1/s1. The number of hydrogen-bond acceptors (Lipinski definition) is 4. The van der Waals surface area contributed by atoms with Crippen LogP contribution in [-0.2, 0) is 12.7 Å². The molecule has 3 aromatic rings. The molecule has 1 aromatic carbocycles. The lowest BCUT2D eigenvalue weighted by atomic mass is 9.86. The average molecular weight is 455 g/mol. The van der Waals surface area contributed by atoms with Gasteiger partial charge in [0.1, 0.15) is 5.82 Å². The molecule has 5 nitrogen and oxygen atoms in total. The monoisotopic (exact) mass is 454 g/mol. The smallest absolute Gasteiger partial charge is 0.328 e. The molecule has 1 fully saturated rings. The molecule has 1 aliphatic rings. The second-order valence-corrected chi connectivity index (χ2v) is 8.31. The summed E-state index contributed by atoms with van der Waals surface area (Å²) in [5.74, 6) is -0.818. The van der Waals surface area contributed by atoms with E-state index in [4.69, 9.17) is 17.3 Å². The van der Waals surface area contributed by atoms with Crippen LogP contribution in [0, 0.1) is 11.7 Å². The second-order valence-electron chi connectivity index (χ2n) is 7.90. The number of rotatable bonds is 3. The number of aromatic nitrogens is 3. The summed E-state index contributed by atoms with van der Waals surface area (Å²) in [5, 5.41) is 0.590. The second kappa shape index (κ2) is 8.20. The minimum Gasteiger partial charge on any atom is -0.328 e. The van der Waals surface area contributed by atoms with Gasteiger partial charge < -0.3 is 10.3 Å². The fourth-order valence-corrected chi connectivity index (χ4v) is 4.34. The Balaban J connectivity index is 1.72. The summed E-state index contributed by atoms with van der Waals surface area (Å²) in [4.78, 5) is 20.2. The zero-order chi connectivity index (χ0) is 22.3. The maximum absolute atomic E-state index is 14.8. The number of pyridine rings is 1. The van der Waals surface area contributed by atoms with E-state index in [1.165, 1.54) is 16.8 Å². The van der Waals surface area contributed by atoms with Gasteiger partial charge in [-0.2, -0.15) is 13.2 Å². The highest BCUT2D eigenvalue weighted by Crippen LogP contribution is 2.32. The van der Waals surface area contributed by atoms with E-state index in [0.29, 0.717) is 18.9 Å². The van der Waals surface area contributed by atoms with E-state index in [1.807, 2.05) is 0 Å². The normalized spacial score (nSPS) is 19.7. The lowest BCUT2D eigenvalue weighted by Gasteiger charge is -2.27. The Bertz CT molecular complexity index is 1180. The molecule has 0 unspecified atom stereocenters. The molecule has 0 spiro atoms. The van der Waals surface area contributed by atoms with Crippen molar-refractivity contribution >= 4 is 22.4 Å². The summed E-state index contributed by atoms with van der Waals surface area (Å²) in [6, 6.07) is 2.43. The van der Waals surface area contributed by atoms with E-state index >= 15 is 0 Å². The molecule has 2 atom stereocenters. The van der Waals surface area contributed by atoms with Crippen molar-refractivity contribution in [1.29, 1.82) is 0 Å². The third-order valence-electron chi connectivity index (χ3n) is 5.62. The molecule has 1 aliphatic carbocycles. The van der Waals surface area contributed by atoms with Crippen LogP contribution in [0.2, 0.25) is 5.02 Å². The third-order valence-corrected chi connectivity index (χ3v) is 5.92. The first-order valence-corrected chi connectivity index (χ1v) is 10.2. The zero-order valence-electron chi connectivity index (χ0n) is 16.3. The molecule has 2 N–H and O–H groups in total. The van der Waals surface area contributed by atoms with Crippen LogP contribution in [0.5, 0.6) is 0 Å². The Morgan fingerprint density at radius 3 is 2.52 bits per heavy atom. The van der Waals surface area contributed by atoms with Crippen molar-refractivity contribution < 1.29 is 17.6 Å². The van der Waals surface area contributed by atoms with Crippen LogP contribution in [0.25, 0.3) is 22.2 Å². The lowest BCUT2D eigenvalue weighted by Crippen LogP contribution is -2.32. The van der Waals surface area contributed by atoms with E-state index in [0.717, 1.165) is 31.7 Å². The molecular formula is C21H19ClF4N4O. The number of nitrogens with zero attached hydrogens (tertiary/aromatic N) is 3. The van der Waals surface area contributed by atoms with Crippen LogP contribution >= 0.6 is 11.6 Å². The van der Waals surface area contributed by atoms with Gasteiger partial charge in [-0.1, -0.05) is 18.0 Å². The van der Waals surface area contributed by atoms with Crippen LogP contribution < -0.4 is 11.3 Å². The van der Waals surface area contributed by atoms with Crippen molar-refractivity contribution in [3.63, 3.8) is 0 Å². The average Bonchev–Trinajstić information content (AvgIpc) is 2.71. The molecule has 0 saturated heterocycles. The molecule has 2 heterocycles. The van der Waals surface area contributed by atoms with Crippen molar-refractivity contribution in [3.05, 3.63) is 57.5 Å². The molecule has 10 heteroatoms. The topological polar surface area (TPSA) is 73.8 Å². The summed E-state index contributed by atoms with van der Waals surface area (Å²) >= 11 is 6.38. The Kier molecular flexibility index (Phi) is 5.74. The van der Waals surface area contributed by atoms with Crippen LogP contribution in [0.15, 0.2) is 35.5 Å². The highest BCUT2D eigenvalue weighted by molar-refractivity contribution is 6.35. The Hall–Kier alpha value is -2.52. The zero-order valence-corrected chi connectivity index (χ0v) is 17.0. The molecule has 4 rings (SSSR count). The maximum atomic E-state index is 14.8. The summed E-state index contributed by atoms with van der Waals surface area (Å²) in [6.45, 7) is 0.438. The predicted molar refractivity (Wildman–Crippen MR) is 109 cm³/mol. The number of hydrogen-bond donors (Lipinski definition) is 1. The van der Waals surface area contributed by atoms with Crippen molar-refractivity contribution in [1.82, 2.24) is 14.5 Å². The number of halogens is 5. The Morgan fingerprint density at radius 2 is 1.87 bits per heavy atom. The molecule has 0 radical (unpaired) electrons. The summed E-state index contributed by atoms with van der Waals surface area (Å²) in [7, 11) is 0. The van der Waals surface area contributed by atoms with Crippen LogP contribution in [0.4, 0.5) is 17.6 Å². The van der Waals surface area contributed by atoms with Crippen LogP contribution in [-0.4, -0.2) is 20.6 Å². The number of nitrogens with two attached hydrogens (primary N) is 1. The molecular weight excluding hydrogens is 436 g/mol. The third kappa shape index (κ3) is 4.43. The van der Waals surface area contributed by atoms with Gasteiger partial charge in [0.05, 0.1) is 21.5 Å². The van der Waals surface area contributed by atoms with Crippen molar-refractivity contribution in [2.45, 2.75) is 44.4 Å². The van der Waals surface area contributed by atoms with E-state index in [2.05, 4.69) is 9.97 Å². The van der Waals surface area contributed by atoms with Gasteiger partial charge in [0.2, 0.25) is 0 Å². The first-order valence-electron chi connectivity index (χ1n) is 9.81.